The first-order valence-corrected chi connectivity index (χ1v) is 12.9. The molecule has 8 rings (SSSR count). The van der Waals surface area contributed by atoms with Crippen LogP contribution in [0, 0.1) is 17.8 Å². The highest BCUT2D eigenvalue weighted by Crippen LogP contribution is 2.56. The number of aliphatic hydroxyl groups is 1. The Hall–Kier alpha value is -2.85. The SMILES string of the molecule is OC12CC3C[C@H](C1)C(Nc1cc(N4CCOCC4)nc(-n4c(C(F)F)nc5ccccc54)n1)[C@@H](C3)C2. The molecule has 2 N–H and O–H groups in total. The number of ether oxygens (including phenoxy) is 1. The number of benzene rings is 1. The Labute approximate surface area is 207 Å². The van der Waals surface area contributed by atoms with Crippen LogP contribution in [0.15, 0.2) is 30.3 Å². The molecule has 4 saturated carbocycles. The number of nitrogens with one attached hydrogen (secondary N) is 1. The first-order valence-electron chi connectivity index (χ1n) is 12.9. The number of halogens is 2. The summed E-state index contributed by atoms with van der Waals surface area (Å²) in [6, 6.07) is 9.21. The van der Waals surface area contributed by atoms with Crippen LogP contribution in [0.5, 0.6) is 0 Å². The van der Waals surface area contributed by atoms with Gasteiger partial charge in [-0.15, -0.1) is 0 Å². The molecule has 4 bridgehead atoms. The van der Waals surface area contributed by atoms with E-state index in [0.717, 1.165) is 32.1 Å². The van der Waals surface area contributed by atoms with Crippen LogP contribution in [0.3, 0.4) is 0 Å². The number of fused-ring (bicyclic) bond motifs is 1. The Balaban J connectivity index is 1.31. The third-order valence-electron chi connectivity index (χ3n) is 8.57. The number of rotatable bonds is 5. The predicted octanol–water partition coefficient (Wildman–Crippen LogP) is 3.94. The van der Waals surface area contributed by atoms with Gasteiger partial charge < -0.3 is 20.1 Å². The lowest BCUT2D eigenvalue weighted by Gasteiger charge is -2.58. The quantitative estimate of drug-likeness (QED) is 0.553. The fourth-order valence-electron chi connectivity index (χ4n) is 7.34. The predicted molar refractivity (Wildman–Crippen MR) is 131 cm³/mol. The molecule has 0 spiro atoms. The molecule has 36 heavy (non-hydrogen) atoms. The number of morpholine rings is 1. The van der Waals surface area contributed by atoms with E-state index in [-0.39, 0.29) is 17.8 Å². The van der Waals surface area contributed by atoms with Crippen LogP contribution in [-0.2, 0) is 4.74 Å². The van der Waals surface area contributed by atoms with Crippen molar-refractivity contribution >= 4 is 22.7 Å². The number of nitrogens with zero attached hydrogens (tertiary/aromatic N) is 5. The lowest BCUT2D eigenvalue weighted by atomic mass is 9.52. The van der Waals surface area contributed by atoms with Crippen molar-refractivity contribution in [1.29, 1.82) is 0 Å². The molecule has 2 aromatic heterocycles. The van der Waals surface area contributed by atoms with Gasteiger partial charge in [-0.2, -0.15) is 9.97 Å². The minimum absolute atomic E-state index is 0.188. The Morgan fingerprint density at radius 1 is 1.03 bits per heavy atom. The molecule has 5 atom stereocenters. The first kappa shape index (κ1) is 22.4. The van der Waals surface area contributed by atoms with Gasteiger partial charge in [-0.1, -0.05) is 12.1 Å². The average Bonchev–Trinajstić information content (AvgIpc) is 3.26. The summed E-state index contributed by atoms with van der Waals surface area (Å²) < 4.78 is 35.1. The van der Waals surface area contributed by atoms with E-state index in [4.69, 9.17) is 14.7 Å². The highest BCUT2D eigenvalue weighted by atomic mass is 19.3. The summed E-state index contributed by atoms with van der Waals surface area (Å²) in [5, 5.41) is 14.7. The van der Waals surface area contributed by atoms with Gasteiger partial charge in [-0.05, 0) is 62.0 Å². The van der Waals surface area contributed by atoms with E-state index >= 15 is 0 Å². The second kappa shape index (κ2) is 8.34. The number of imidazole rings is 1. The van der Waals surface area contributed by atoms with Crippen molar-refractivity contribution in [2.75, 3.05) is 36.5 Å². The van der Waals surface area contributed by atoms with Crippen molar-refractivity contribution < 1.29 is 18.6 Å². The molecule has 3 unspecified atom stereocenters. The summed E-state index contributed by atoms with van der Waals surface area (Å²) >= 11 is 0. The zero-order chi connectivity index (χ0) is 24.4. The molecule has 3 heterocycles. The second-order valence-electron chi connectivity index (χ2n) is 11.0. The molecular weight excluding hydrogens is 466 g/mol. The van der Waals surface area contributed by atoms with E-state index in [2.05, 4.69) is 15.2 Å². The maximum atomic E-state index is 14.1. The van der Waals surface area contributed by atoms with Gasteiger partial charge >= 0.3 is 0 Å². The van der Waals surface area contributed by atoms with Gasteiger partial charge in [0.2, 0.25) is 5.95 Å². The van der Waals surface area contributed by atoms with Crippen molar-refractivity contribution in [1.82, 2.24) is 19.5 Å². The third kappa shape index (κ3) is 3.73. The monoisotopic (exact) mass is 496 g/mol. The molecule has 1 saturated heterocycles. The number of alkyl halides is 2. The van der Waals surface area contributed by atoms with E-state index in [1.165, 1.54) is 4.57 Å². The lowest BCUT2D eigenvalue weighted by Crippen LogP contribution is -2.59. The molecule has 8 nitrogen and oxygen atoms in total. The molecular formula is C26H30F2N6O2. The number of para-hydroxylation sites is 2. The van der Waals surface area contributed by atoms with Crippen molar-refractivity contribution in [3.05, 3.63) is 36.2 Å². The topological polar surface area (TPSA) is 88.3 Å². The van der Waals surface area contributed by atoms with E-state index in [1.54, 1.807) is 24.3 Å². The van der Waals surface area contributed by atoms with Crippen molar-refractivity contribution in [3.63, 3.8) is 0 Å². The molecule has 0 radical (unpaired) electrons. The molecule has 1 aromatic carbocycles. The van der Waals surface area contributed by atoms with Crippen molar-refractivity contribution in [2.24, 2.45) is 17.8 Å². The number of hydrogen-bond acceptors (Lipinski definition) is 7. The summed E-state index contributed by atoms with van der Waals surface area (Å²) in [6.45, 7) is 2.52. The standard InChI is InChI=1S/C26H30F2N6O2/c27-23(28)24-29-18-3-1-2-4-19(18)34(24)25-31-20(11-21(32-25)33-5-7-36-8-6-33)30-22-16-9-15-10-17(22)14-26(35,12-15)13-16/h1-4,11,15-17,22-23,35H,5-10,12-14H2,(H,30,31,32)/t15?,16-,17+,22?,26?. The molecule has 190 valence electrons. The molecule has 4 aliphatic carbocycles. The van der Waals surface area contributed by atoms with Gasteiger partial charge in [-0.25, -0.2) is 13.8 Å². The van der Waals surface area contributed by atoms with Crippen LogP contribution in [-0.4, -0.2) is 62.6 Å². The molecule has 5 aliphatic rings. The summed E-state index contributed by atoms with van der Waals surface area (Å²) in [7, 11) is 0. The van der Waals surface area contributed by atoms with E-state index < -0.39 is 12.0 Å². The van der Waals surface area contributed by atoms with Gasteiger partial charge in [0.25, 0.3) is 6.43 Å². The normalized spacial score (nSPS) is 31.5. The van der Waals surface area contributed by atoms with E-state index in [1.807, 2.05) is 6.07 Å². The highest BCUT2D eigenvalue weighted by molar-refractivity contribution is 5.77. The third-order valence-corrected chi connectivity index (χ3v) is 8.57. The smallest absolute Gasteiger partial charge is 0.296 e. The average molecular weight is 497 g/mol. The van der Waals surface area contributed by atoms with Crippen LogP contribution in [0.1, 0.15) is 44.4 Å². The Morgan fingerprint density at radius 2 is 1.78 bits per heavy atom. The largest absolute Gasteiger partial charge is 0.390 e. The van der Waals surface area contributed by atoms with Crippen LogP contribution < -0.4 is 10.2 Å². The minimum atomic E-state index is -2.77. The molecule has 3 aromatic rings. The Morgan fingerprint density at radius 3 is 2.50 bits per heavy atom. The van der Waals surface area contributed by atoms with Gasteiger partial charge in [-0.3, -0.25) is 4.57 Å². The fourth-order valence-corrected chi connectivity index (χ4v) is 7.34. The molecule has 1 aliphatic heterocycles. The zero-order valence-corrected chi connectivity index (χ0v) is 20.0. The molecule has 0 amide bonds. The lowest BCUT2D eigenvalue weighted by molar-refractivity contribution is -0.129. The van der Waals surface area contributed by atoms with E-state index in [0.29, 0.717) is 66.7 Å². The van der Waals surface area contributed by atoms with E-state index in [9.17, 15) is 13.9 Å². The van der Waals surface area contributed by atoms with Crippen molar-refractivity contribution in [3.8, 4) is 5.95 Å². The summed E-state index contributed by atoms with van der Waals surface area (Å²) in [5.41, 5.74) is 0.513. The minimum Gasteiger partial charge on any atom is -0.390 e. The zero-order valence-electron chi connectivity index (χ0n) is 20.0. The maximum Gasteiger partial charge on any atom is 0.296 e. The van der Waals surface area contributed by atoms with Gasteiger partial charge in [0.05, 0.1) is 29.8 Å². The van der Waals surface area contributed by atoms with Gasteiger partial charge in [0.1, 0.15) is 11.6 Å². The molecule has 5 fully saturated rings. The van der Waals surface area contributed by atoms with Crippen LogP contribution >= 0.6 is 0 Å². The van der Waals surface area contributed by atoms with Crippen LogP contribution in [0.2, 0.25) is 0 Å². The van der Waals surface area contributed by atoms with Crippen LogP contribution in [0.4, 0.5) is 20.4 Å². The van der Waals surface area contributed by atoms with Gasteiger partial charge in [0, 0.05) is 25.2 Å². The maximum absolute atomic E-state index is 14.1. The number of hydrogen-bond donors (Lipinski definition) is 2. The number of aromatic nitrogens is 4. The fraction of sp³-hybridized carbons (Fsp3) is 0.577. The van der Waals surface area contributed by atoms with Crippen LogP contribution in [0.25, 0.3) is 17.0 Å². The van der Waals surface area contributed by atoms with Crippen molar-refractivity contribution in [2.45, 2.75) is 50.2 Å². The second-order valence-corrected chi connectivity index (χ2v) is 11.0. The summed E-state index contributed by atoms with van der Waals surface area (Å²) in [4.78, 5) is 15.8. The Bertz CT molecular complexity index is 1280. The summed E-state index contributed by atoms with van der Waals surface area (Å²) in [5.74, 6) is 2.51. The summed E-state index contributed by atoms with van der Waals surface area (Å²) in [6.07, 6.45) is 2.02. The highest BCUT2D eigenvalue weighted by Gasteiger charge is 2.54. The van der Waals surface area contributed by atoms with Gasteiger partial charge in [0.15, 0.2) is 5.82 Å². The number of anilines is 2. The Kier molecular flexibility index (Phi) is 5.18. The molecule has 10 heteroatoms. The first-order chi connectivity index (χ1) is 17.5.